The average molecular weight is 845 g/mol. The summed E-state index contributed by atoms with van der Waals surface area (Å²) in [6, 6.07) is 8.76. The minimum absolute atomic E-state index is 0.0173. The van der Waals surface area contributed by atoms with Crippen LogP contribution >= 0.6 is 15.9 Å². The number of ether oxygens (including phenoxy) is 1. The van der Waals surface area contributed by atoms with Crippen molar-refractivity contribution in [1.29, 1.82) is 0 Å². The molecule has 9 atom stereocenters. The number of nitrogens with one attached hydrogen (secondary N) is 2. The summed E-state index contributed by atoms with van der Waals surface area (Å²) in [6.07, 6.45) is -0.0332. The summed E-state index contributed by atoms with van der Waals surface area (Å²) in [6.45, 7) is 20.0. The van der Waals surface area contributed by atoms with Crippen LogP contribution in [0.5, 0.6) is 5.75 Å². The molecule has 2 aliphatic rings. The van der Waals surface area contributed by atoms with Crippen molar-refractivity contribution in [3.05, 3.63) is 45.9 Å². The maximum absolute atomic E-state index is 14.4. The molecule has 0 radical (unpaired) electrons. The predicted octanol–water partition coefficient (Wildman–Crippen LogP) is 6.58. The number of rotatable bonds is 14. The molecule has 12 heteroatoms. The molecule has 11 nitrogen and oxygen atoms in total. The Balaban J connectivity index is 1.73. The van der Waals surface area contributed by atoms with Gasteiger partial charge in [-0.2, -0.15) is 5.06 Å². The smallest absolute Gasteiger partial charge is 0.252 e. The minimum atomic E-state index is -0.920. The SMILES string of the molecule is COc1c(CN2O[C@@H](CO)[C@@H]([C@H](C)O)[C@H]2C(=O)N[C@H]2C[C@@H](C)C(C)(C)[C@@H](C)[C@@H]2C)cccc1-c1cc(N(C)C)cc(C(=O)N[C@H](CN(C)C)CC(C)(C)C)c1Br. The first kappa shape index (κ1) is 46.0. The van der Waals surface area contributed by atoms with Gasteiger partial charge < -0.3 is 35.4 Å². The highest BCUT2D eigenvalue weighted by molar-refractivity contribution is 9.10. The van der Waals surface area contributed by atoms with Crippen molar-refractivity contribution in [1.82, 2.24) is 20.6 Å². The fourth-order valence-corrected chi connectivity index (χ4v) is 9.49. The van der Waals surface area contributed by atoms with E-state index >= 15 is 0 Å². The summed E-state index contributed by atoms with van der Waals surface area (Å²) >= 11 is 3.83. The van der Waals surface area contributed by atoms with Gasteiger partial charge in [-0.25, -0.2) is 0 Å². The second kappa shape index (κ2) is 18.5. The van der Waals surface area contributed by atoms with E-state index in [-0.39, 0.29) is 53.8 Å². The van der Waals surface area contributed by atoms with Crippen LogP contribution in [0.15, 0.2) is 34.8 Å². The van der Waals surface area contributed by atoms with E-state index in [2.05, 4.69) is 86.9 Å². The quantitative estimate of drug-likeness (QED) is 0.167. The Morgan fingerprint density at radius 2 is 1.77 bits per heavy atom. The van der Waals surface area contributed by atoms with E-state index in [1.807, 2.05) is 63.4 Å². The average Bonchev–Trinajstić information content (AvgIpc) is 3.47. The number of hydroxylamine groups is 2. The first-order valence-corrected chi connectivity index (χ1v) is 21.0. The largest absolute Gasteiger partial charge is 0.496 e. The van der Waals surface area contributed by atoms with E-state index in [0.29, 0.717) is 34.2 Å². The number of nitrogens with zero attached hydrogens (tertiary/aromatic N) is 3. The van der Waals surface area contributed by atoms with Crippen molar-refractivity contribution in [2.45, 2.75) is 112 Å². The van der Waals surface area contributed by atoms with Crippen LogP contribution in [0.1, 0.15) is 91.1 Å². The third-order valence-electron chi connectivity index (χ3n) is 12.7. The molecule has 314 valence electrons. The summed E-state index contributed by atoms with van der Waals surface area (Å²) in [5.41, 5.74) is 3.77. The van der Waals surface area contributed by atoms with Crippen molar-refractivity contribution in [2.24, 2.45) is 34.5 Å². The Hall–Kier alpha value is -2.74. The van der Waals surface area contributed by atoms with Gasteiger partial charge in [0.15, 0.2) is 0 Å². The van der Waals surface area contributed by atoms with Gasteiger partial charge in [-0.3, -0.25) is 14.4 Å². The highest BCUT2D eigenvalue weighted by Crippen LogP contribution is 2.48. The van der Waals surface area contributed by atoms with Gasteiger partial charge in [0.1, 0.15) is 17.9 Å². The summed E-state index contributed by atoms with van der Waals surface area (Å²) < 4.78 is 6.77. The van der Waals surface area contributed by atoms with Gasteiger partial charge in [-0.15, -0.1) is 0 Å². The molecule has 2 amide bonds. The van der Waals surface area contributed by atoms with Crippen LogP contribution in [-0.4, -0.2) is 111 Å². The lowest BCUT2D eigenvalue weighted by Crippen LogP contribution is -2.56. The van der Waals surface area contributed by atoms with E-state index < -0.39 is 24.2 Å². The van der Waals surface area contributed by atoms with Gasteiger partial charge in [0.05, 0.1) is 31.9 Å². The molecule has 1 aliphatic carbocycles. The van der Waals surface area contributed by atoms with Gasteiger partial charge in [0.2, 0.25) is 5.91 Å². The van der Waals surface area contributed by atoms with Gasteiger partial charge in [-0.05, 0) is 90.5 Å². The Morgan fingerprint density at radius 1 is 1.11 bits per heavy atom. The first-order valence-electron chi connectivity index (χ1n) is 20.2. The molecule has 0 bridgehead atoms. The number of anilines is 1. The van der Waals surface area contributed by atoms with Crippen molar-refractivity contribution >= 4 is 33.4 Å². The van der Waals surface area contributed by atoms with E-state index in [0.717, 1.165) is 35.2 Å². The number of aliphatic hydroxyl groups excluding tert-OH is 2. The Morgan fingerprint density at radius 3 is 2.32 bits per heavy atom. The van der Waals surface area contributed by atoms with E-state index in [9.17, 15) is 19.8 Å². The Bertz CT molecular complexity index is 1680. The maximum atomic E-state index is 14.4. The lowest BCUT2D eigenvalue weighted by molar-refractivity contribution is -0.182. The summed E-state index contributed by atoms with van der Waals surface area (Å²) in [7, 11) is 9.52. The van der Waals surface area contributed by atoms with Crippen LogP contribution in [-0.2, 0) is 16.2 Å². The molecule has 1 saturated heterocycles. The van der Waals surface area contributed by atoms with Crippen LogP contribution in [0, 0.1) is 34.5 Å². The maximum Gasteiger partial charge on any atom is 0.252 e. The fraction of sp³-hybridized carbons (Fsp3) is 0.682. The predicted molar refractivity (Wildman–Crippen MR) is 229 cm³/mol. The molecular weight excluding hydrogens is 774 g/mol. The number of methoxy groups -OCH3 is 1. The second-order valence-electron chi connectivity index (χ2n) is 18.8. The molecule has 0 spiro atoms. The third kappa shape index (κ3) is 10.3. The number of amides is 2. The molecule has 2 aromatic rings. The number of carbonyl (C=O) groups is 2. The van der Waals surface area contributed by atoms with E-state index in [4.69, 9.17) is 9.57 Å². The number of likely N-dealkylation sites (N-methyl/N-ethyl adjacent to an activating group) is 1. The van der Waals surface area contributed by atoms with Crippen molar-refractivity contribution in [3.63, 3.8) is 0 Å². The number of benzene rings is 2. The molecule has 1 saturated carbocycles. The van der Waals surface area contributed by atoms with Crippen LogP contribution in [0.2, 0.25) is 0 Å². The van der Waals surface area contributed by atoms with E-state index in [1.54, 1.807) is 19.1 Å². The topological polar surface area (TPSA) is 127 Å². The van der Waals surface area contributed by atoms with Crippen molar-refractivity contribution < 1.29 is 29.4 Å². The zero-order chi connectivity index (χ0) is 42.0. The van der Waals surface area contributed by atoms with Gasteiger partial charge in [-0.1, -0.05) is 73.6 Å². The summed E-state index contributed by atoms with van der Waals surface area (Å²) in [5.74, 6) is 0.526. The molecular formula is C44H70BrN5O6. The Kier molecular flexibility index (Phi) is 15.1. The van der Waals surface area contributed by atoms with Crippen LogP contribution in [0.25, 0.3) is 11.1 Å². The molecule has 2 fully saturated rings. The third-order valence-corrected chi connectivity index (χ3v) is 13.6. The highest BCUT2D eigenvalue weighted by atomic mass is 79.9. The number of aliphatic hydroxyl groups is 2. The number of para-hydroxylation sites is 1. The molecule has 0 aromatic heterocycles. The van der Waals surface area contributed by atoms with Gasteiger partial charge in [0, 0.05) is 65.5 Å². The molecule has 4 rings (SSSR count). The number of halogens is 1. The lowest BCUT2D eigenvalue weighted by Gasteiger charge is -2.50. The zero-order valence-electron chi connectivity index (χ0n) is 36.4. The Labute approximate surface area is 344 Å². The van der Waals surface area contributed by atoms with Crippen LogP contribution in [0.4, 0.5) is 5.69 Å². The fourth-order valence-electron chi connectivity index (χ4n) is 8.87. The monoisotopic (exact) mass is 843 g/mol. The summed E-state index contributed by atoms with van der Waals surface area (Å²) in [5, 5.41) is 29.7. The van der Waals surface area contributed by atoms with Crippen LogP contribution < -0.4 is 20.3 Å². The normalized spacial score (nSPS) is 26.5. The van der Waals surface area contributed by atoms with Crippen molar-refractivity contribution in [3.8, 4) is 16.9 Å². The van der Waals surface area contributed by atoms with Crippen molar-refractivity contribution in [2.75, 3.05) is 53.4 Å². The minimum Gasteiger partial charge on any atom is -0.496 e. The molecule has 56 heavy (non-hydrogen) atoms. The lowest BCUT2D eigenvalue weighted by atomic mass is 9.58. The number of hydrogen-bond acceptors (Lipinski definition) is 9. The molecule has 1 heterocycles. The van der Waals surface area contributed by atoms with Gasteiger partial charge in [0.25, 0.3) is 5.91 Å². The zero-order valence-corrected chi connectivity index (χ0v) is 38.0. The first-order chi connectivity index (χ1) is 26.0. The number of hydrogen-bond donors (Lipinski definition) is 4. The van der Waals surface area contributed by atoms with E-state index in [1.165, 1.54) is 0 Å². The standard InChI is InChI=1S/C44H70BrN5O6/c1-25-18-35(26(2)27(3)44(25,8)9)47-42(54)39-37(28(4)52)36(24-51)56-50(39)22-29-16-15-17-32(40(29)55-14)33-19-31(49(12)13)20-34(38(33)45)41(53)46-30(23-48(10)11)21-43(5,6)7/h15-17,19-20,25-28,30,35-37,39,51-52H,18,21-24H2,1-14H3,(H,46,53)(H,47,54)/t25-,26+,27+,28+,30+,35+,36+,37-,39+/m1/s1. The molecule has 1 aliphatic heterocycles. The summed E-state index contributed by atoms with van der Waals surface area (Å²) in [4.78, 5) is 38.9. The highest BCUT2D eigenvalue weighted by Gasteiger charge is 2.51. The second-order valence-corrected chi connectivity index (χ2v) is 19.6. The molecule has 4 N–H and O–H groups in total. The molecule has 2 aromatic carbocycles. The number of carbonyl (C=O) groups excluding carboxylic acids is 2. The van der Waals surface area contributed by atoms with Crippen LogP contribution in [0.3, 0.4) is 0 Å². The molecule has 0 unspecified atom stereocenters. The van der Waals surface area contributed by atoms with Gasteiger partial charge >= 0.3 is 0 Å².